The van der Waals surface area contributed by atoms with E-state index >= 15 is 0 Å². The second-order valence-electron chi connectivity index (χ2n) is 3.63. The van der Waals surface area contributed by atoms with Crippen LogP contribution in [-0.2, 0) is 7.05 Å². The van der Waals surface area contributed by atoms with Gasteiger partial charge in [-0.25, -0.2) is 4.98 Å². The van der Waals surface area contributed by atoms with Crippen LogP contribution in [0.25, 0.3) is 0 Å². The minimum absolute atomic E-state index is 0.0391. The van der Waals surface area contributed by atoms with Gasteiger partial charge in [0.1, 0.15) is 11.4 Å². The fraction of sp³-hybridized carbons (Fsp3) is 0.200. The standard InChI is InChI=1S/C10H12ClN7/c1-14-9-7(13)8(16-10(11)17-9)6(12)5-3-15-18(2)4-5/h3-4,12H,13H2,1-2H3,(H,14,16,17). The second kappa shape index (κ2) is 4.61. The van der Waals surface area contributed by atoms with E-state index in [9.17, 15) is 0 Å². The lowest BCUT2D eigenvalue weighted by Crippen LogP contribution is -2.11. The van der Waals surface area contributed by atoms with Crippen LogP contribution in [0.3, 0.4) is 0 Å². The average molecular weight is 266 g/mol. The predicted octanol–water partition coefficient (Wildman–Crippen LogP) is 0.904. The van der Waals surface area contributed by atoms with E-state index in [1.165, 1.54) is 0 Å². The summed E-state index contributed by atoms with van der Waals surface area (Å²) in [6.07, 6.45) is 3.27. The van der Waals surface area contributed by atoms with Crippen molar-refractivity contribution in [2.24, 2.45) is 7.05 Å². The molecule has 2 aromatic rings. The Morgan fingerprint density at radius 3 is 2.78 bits per heavy atom. The number of nitrogens with zero attached hydrogens (tertiary/aromatic N) is 4. The van der Waals surface area contributed by atoms with Crippen LogP contribution in [0.2, 0.25) is 5.28 Å². The highest BCUT2D eigenvalue weighted by Crippen LogP contribution is 2.23. The van der Waals surface area contributed by atoms with Crippen LogP contribution < -0.4 is 11.1 Å². The number of rotatable bonds is 3. The van der Waals surface area contributed by atoms with Gasteiger partial charge in [0.25, 0.3) is 0 Å². The quantitative estimate of drug-likeness (QED) is 0.565. The number of aromatic nitrogens is 4. The Kier molecular flexibility index (Phi) is 3.15. The van der Waals surface area contributed by atoms with Crippen LogP contribution in [0.4, 0.5) is 11.5 Å². The van der Waals surface area contributed by atoms with E-state index in [-0.39, 0.29) is 22.4 Å². The average Bonchev–Trinajstić information content (AvgIpc) is 2.77. The van der Waals surface area contributed by atoms with E-state index in [1.807, 2.05) is 0 Å². The van der Waals surface area contributed by atoms with Crippen molar-refractivity contribution >= 4 is 28.8 Å². The van der Waals surface area contributed by atoms with Crippen molar-refractivity contribution < 1.29 is 0 Å². The molecule has 0 spiro atoms. The molecular weight excluding hydrogens is 254 g/mol. The number of hydrogen-bond acceptors (Lipinski definition) is 6. The molecule has 0 aliphatic heterocycles. The van der Waals surface area contributed by atoms with E-state index in [0.29, 0.717) is 11.4 Å². The van der Waals surface area contributed by atoms with Gasteiger partial charge in [-0.2, -0.15) is 10.1 Å². The zero-order valence-electron chi connectivity index (χ0n) is 9.90. The molecule has 0 fully saturated rings. The summed E-state index contributed by atoms with van der Waals surface area (Å²) in [5, 5.41) is 14.9. The molecule has 0 aromatic carbocycles. The third-order valence-electron chi connectivity index (χ3n) is 2.39. The summed E-state index contributed by atoms with van der Waals surface area (Å²) in [5.41, 5.74) is 7.23. The smallest absolute Gasteiger partial charge is 0.225 e. The Morgan fingerprint density at radius 1 is 1.50 bits per heavy atom. The van der Waals surface area contributed by atoms with Crippen molar-refractivity contribution in [1.82, 2.24) is 19.7 Å². The van der Waals surface area contributed by atoms with Crippen LogP contribution in [0.1, 0.15) is 11.3 Å². The van der Waals surface area contributed by atoms with Gasteiger partial charge in [0.2, 0.25) is 5.28 Å². The van der Waals surface area contributed by atoms with Crippen molar-refractivity contribution in [3.05, 3.63) is 28.9 Å². The second-order valence-corrected chi connectivity index (χ2v) is 3.97. The van der Waals surface area contributed by atoms with E-state index in [0.717, 1.165) is 0 Å². The first-order valence-electron chi connectivity index (χ1n) is 5.11. The van der Waals surface area contributed by atoms with Crippen molar-refractivity contribution in [2.45, 2.75) is 0 Å². The molecule has 4 N–H and O–H groups in total. The van der Waals surface area contributed by atoms with Gasteiger partial charge in [-0.15, -0.1) is 0 Å². The van der Waals surface area contributed by atoms with Crippen LogP contribution >= 0.6 is 11.6 Å². The Hall–Kier alpha value is -2.15. The number of anilines is 2. The summed E-state index contributed by atoms with van der Waals surface area (Å²) in [6, 6.07) is 0. The molecule has 0 amide bonds. The Labute approximate surface area is 109 Å². The Bertz CT molecular complexity index is 604. The zero-order valence-corrected chi connectivity index (χ0v) is 10.7. The molecule has 7 nitrogen and oxygen atoms in total. The van der Waals surface area contributed by atoms with Crippen molar-refractivity contribution in [2.75, 3.05) is 18.1 Å². The molecule has 0 radical (unpaired) electrons. The minimum Gasteiger partial charge on any atom is -0.394 e. The van der Waals surface area contributed by atoms with Gasteiger partial charge in [0.15, 0.2) is 5.82 Å². The molecule has 0 saturated carbocycles. The molecule has 0 bridgehead atoms. The summed E-state index contributed by atoms with van der Waals surface area (Å²) < 4.78 is 1.60. The molecule has 2 heterocycles. The van der Waals surface area contributed by atoms with Crippen molar-refractivity contribution in [1.29, 1.82) is 5.41 Å². The molecule has 8 heteroatoms. The van der Waals surface area contributed by atoms with Gasteiger partial charge in [-0.05, 0) is 11.6 Å². The molecule has 0 unspecified atom stereocenters. The maximum atomic E-state index is 8.08. The highest BCUT2D eigenvalue weighted by molar-refractivity contribution is 6.29. The van der Waals surface area contributed by atoms with E-state index in [2.05, 4.69) is 20.4 Å². The normalized spacial score (nSPS) is 10.4. The topological polar surface area (TPSA) is 106 Å². The largest absolute Gasteiger partial charge is 0.394 e. The van der Waals surface area contributed by atoms with E-state index in [1.54, 1.807) is 31.2 Å². The third-order valence-corrected chi connectivity index (χ3v) is 2.55. The molecule has 0 aliphatic carbocycles. The maximum Gasteiger partial charge on any atom is 0.225 e. The maximum absolute atomic E-state index is 8.08. The number of nitrogens with two attached hydrogens (primary N) is 1. The van der Waals surface area contributed by atoms with Gasteiger partial charge in [-0.3, -0.25) is 10.1 Å². The highest BCUT2D eigenvalue weighted by atomic mass is 35.5. The molecule has 0 atom stereocenters. The van der Waals surface area contributed by atoms with Crippen LogP contribution in [-0.4, -0.2) is 32.5 Å². The van der Waals surface area contributed by atoms with Gasteiger partial charge in [0.05, 0.1) is 11.9 Å². The van der Waals surface area contributed by atoms with Crippen LogP contribution in [0, 0.1) is 5.41 Å². The van der Waals surface area contributed by atoms with Crippen LogP contribution in [0.15, 0.2) is 12.4 Å². The van der Waals surface area contributed by atoms with Gasteiger partial charge < -0.3 is 11.1 Å². The number of nitrogens with one attached hydrogen (secondary N) is 2. The first-order chi connectivity index (χ1) is 8.52. The molecule has 2 rings (SSSR count). The van der Waals surface area contributed by atoms with Crippen molar-refractivity contribution in [3.8, 4) is 0 Å². The monoisotopic (exact) mass is 265 g/mol. The fourth-order valence-electron chi connectivity index (χ4n) is 1.51. The van der Waals surface area contributed by atoms with Gasteiger partial charge in [0, 0.05) is 25.9 Å². The Morgan fingerprint density at radius 2 is 2.22 bits per heavy atom. The molecule has 0 aliphatic rings. The highest BCUT2D eigenvalue weighted by Gasteiger charge is 2.16. The van der Waals surface area contributed by atoms with E-state index < -0.39 is 0 Å². The molecule has 94 valence electrons. The van der Waals surface area contributed by atoms with Gasteiger partial charge in [-0.1, -0.05) is 0 Å². The lowest BCUT2D eigenvalue weighted by Gasteiger charge is -2.09. The minimum atomic E-state index is 0.0391. The van der Waals surface area contributed by atoms with E-state index in [4.69, 9.17) is 22.7 Å². The first kappa shape index (κ1) is 12.3. The summed E-state index contributed by atoms with van der Waals surface area (Å²) >= 11 is 5.80. The van der Waals surface area contributed by atoms with Crippen molar-refractivity contribution in [3.63, 3.8) is 0 Å². The molecule has 2 aromatic heterocycles. The first-order valence-corrected chi connectivity index (χ1v) is 5.49. The van der Waals surface area contributed by atoms with Gasteiger partial charge >= 0.3 is 0 Å². The molecule has 0 saturated heterocycles. The molecular formula is C10H12ClN7. The lowest BCUT2D eigenvalue weighted by molar-refractivity contribution is 0.767. The molecule has 18 heavy (non-hydrogen) atoms. The fourth-order valence-corrected chi connectivity index (χ4v) is 1.68. The lowest BCUT2D eigenvalue weighted by atomic mass is 10.1. The number of halogens is 1. The number of hydrogen-bond donors (Lipinski definition) is 3. The Balaban J connectivity index is 2.51. The summed E-state index contributed by atoms with van der Waals surface area (Å²) in [7, 11) is 3.44. The number of nitrogen functional groups attached to an aromatic ring is 1. The number of aryl methyl sites for hydroxylation is 1. The van der Waals surface area contributed by atoms with Crippen LogP contribution in [0.5, 0.6) is 0 Å². The predicted molar refractivity (Wildman–Crippen MR) is 70.1 cm³/mol. The third kappa shape index (κ3) is 2.12. The summed E-state index contributed by atoms with van der Waals surface area (Å²) in [6.45, 7) is 0. The summed E-state index contributed by atoms with van der Waals surface area (Å²) in [4.78, 5) is 7.93. The SMILES string of the molecule is CNc1nc(Cl)nc(C(=N)c2cnn(C)c2)c1N. The zero-order chi connectivity index (χ0) is 13.3. The summed E-state index contributed by atoms with van der Waals surface area (Å²) in [5.74, 6) is 0.402.